The first-order valence-electron chi connectivity index (χ1n) is 5.97. The second-order valence-electron chi connectivity index (χ2n) is 4.32. The molecule has 2 rings (SSSR count). The molecule has 2 aromatic rings. The van der Waals surface area contributed by atoms with Gasteiger partial charge in [-0.3, -0.25) is 4.79 Å². The van der Waals surface area contributed by atoms with E-state index in [9.17, 15) is 23.1 Å². The Balaban J connectivity index is 2.08. The SMILES string of the molecule is O=Cc1cc(O)ccc1OCc1ccc(C(F)(F)F)cc1. The van der Waals surface area contributed by atoms with Crippen molar-refractivity contribution in [3.63, 3.8) is 0 Å². The number of hydrogen-bond donors (Lipinski definition) is 1. The van der Waals surface area contributed by atoms with Crippen LogP contribution < -0.4 is 4.74 Å². The smallest absolute Gasteiger partial charge is 0.416 e. The molecule has 0 saturated heterocycles. The van der Waals surface area contributed by atoms with Crippen LogP contribution in [0.4, 0.5) is 13.2 Å². The lowest BCUT2D eigenvalue weighted by atomic mass is 10.1. The van der Waals surface area contributed by atoms with Crippen LogP contribution in [0.25, 0.3) is 0 Å². The second kappa shape index (κ2) is 5.87. The first-order chi connectivity index (χ1) is 9.90. The van der Waals surface area contributed by atoms with Gasteiger partial charge < -0.3 is 9.84 Å². The molecule has 0 spiro atoms. The Morgan fingerprint density at radius 1 is 1.10 bits per heavy atom. The highest BCUT2D eigenvalue weighted by atomic mass is 19.4. The minimum absolute atomic E-state index is 0.0176. The predicted molar refractivity (Wildman–Crippen MR) is 69.3 cm³/mol. The largest absolute Gasteiger partial charge is 0.508 e. The molecule has 0 bridgehead atoms. The van der Waals surface area contributed by atoms with Crippen LogP contribution in [-0.2, 0) is 12.8 Å². The average molecular weight is 296 g/mol. The third-order valence-corrected chi connectivity index (χ3v) is 2.80. The topological polar surface area (TPSA) is 46.5 Å². The Labute approximate surface area is 118 Å². The molecule has 21 heavy (non-hydrogen) atoms. The number of phenols is 1. The Morgan fingerprint density at radius 2 is 1.76 bits per heavy atom. The van der Waals surface area contributed by atoms with E-state index in [0.29, 0.717) is 11.8 Å². The van der Waals surface area contributed by atoms with Gasteiger partial charge in [0.25, 0.3) is 0 Å². The molecule has 110 valence electrons. The molecule has 0 amide bonds. The van der Waals surface area contributed by atoms with Crippen molar-refractivity contribution in [1.29, 1.82) is 0 Å². The molecule has 0 fully saturated rings. The summed E-state index contributed by atoms with van der Waals surface area (Å²) in [6.45, 7) is 0.0176. The number of ether oxygens (including phenoxy) is 1. The van der Waals surface area contributed by atoms with Gasteiger partial charge in [0.1, 0.15) is 18.1 Å². The number of benzene rings is 2. The number of carbonyl (C=O) groups is 1. The van der Waals surface area contributed by atoms with Crippen LogP contribution in [-0.4, -0.2) is 11.4 Å². The van der Waals surface area contributed by atoms with Gasteiger partial charge in [0.2, 0.25) is 0 Å². The second-order valence-corrected chi connectivity index (χ2v) is 4.32. The van der Waals surface area contributed by atoms with E-state index in [-0.39, 0.29) is 23.7 Å². The zero-order valence-electron chi connectivity index (χ0n) is 10.7. The maximum Gasteiger partial charge on any atom is 0.416 e. The van der Waals surface area contributed by atoms with E-state index in [0.717, 1.165) is 12.1 Å². The maximum absolute atomic E-state index is 12.4. The van der Waals surface area contributed by atoms with Crippen molar-refractivity contribution in [3.8, 4) is 11.5 Å². The third-order valence-electron chi connectivity index (χ3n) is 2.80. The molecule has 0 unspecified atom stereocenters. The lowest BCUT2D eigenvalue weighted by molar-refractivity contribution is -0.137. The van der Waals surface area contributed by atoms with Crippen LogP contribution in [0.1, 0.15) is 21.5 Å². The third kappa shape index (κ3) is 3.75. The van der Waals surface area contributed by atoms with Crippen molar-refractivity contribution in [2.45, 2.75) is 12.8 Å². The lowest BCUT2D eigenvalue weighted by Gasteiger charge is -2.10. The number of phenolic OH excluding ortho intramolecular Hbond substituents is 1. The molecular formula is C15H11F3O3. The minimum atomic E-state index is -4.37. The Hall–Kier alpha value is -2.50. The molecule has 0 radical (unpaired) electrons. The molecule has 0 aliphatic heterocycles. The summed E-state index contributed by atoms with van der Waals surface area (Å²) in [5, 5.41) is 9.24. The number of hydrogen-bond acceptors (Lipinski definition) is 3. The van der Waals surface area contributed by atoms with Crippen molar-refractivity contribution in [1.82, 2.24) is 0 Å². The van der Waals surface area contributed by atoms with Gasteiger partial charge in [0, 0.05) is 0 Å². The number of aldehydes is 1. The fraction of sp³-hybridized carbons (Fsp3) is 0.133. The zero-order valence-corrected chi connectivity index (χ0v) is 10.7. The highest BCUT2D eigenvalue weighted by Gasteiger charge is 2.29. The summed E-state index contributed by atoms with van der Waals surface area (Å²) < 4.78 is 42.6. The van der Waals surface area contributed by atoms with Crippen molar-refractivity contribution in [2.75, 3.05) is 0 Å². The number of carbonyl (C=O) groups excluding carboxylic acids is 1. The number of aromatic hydroxyl groups is 1. The monoisotopic (exact) mass is 296 g/mol. The Morgan fingerprint density at radius 3 is 2.33 bits per heavy atom. The lowest BCUT2D eigenvalue weighted by Crippen LogP contribution is -2.05. The van der Waals surface area contributed by atoms with E-state index in [2.05, 4.69) is 0 Å². The molecule has 0 heterocycles. The molecule has 2 aromatic carbocycles. The van der Waals surface area contributed by atoms with E-state index < -0.39 is 11.7 Å². The molecule has 0 atom stereocenters. The molecule has 3 nitrogen and oxygen atoms in total. The first-order valence-corrected chi connectivity index (χ1v) is 5.97. The van der Waals surface area contributed by atoms with E-state index >= 15 is 0 Å². The predicted octanol–water partition coefficient (Wildman–Crippen LogP) is 3.80. The van der Waals surface area contributed by atoms with Gasteiger partial charge in [-0.05, 0) is 35.9 Å². The number of rotatable bonds is 4. The molecular weight excluding hydrogens is 285 g/mol. The van der Waals surface area contributed by atoms with Crippen LogP contribution in [0.5, 0.6) is 11.5 Å². The normalized spacial score (nSPS) is 11.2. The van der Waals surface area contributed by atoms with Gasteiger partial charge >= 0.3 is 6.18 Å². The average Bonchev–Trinajstić information content (AvgIpc) is 2.45. The molecule has 1 N–H and O–H groups in total. The Kier molecular flexibility index (Phi) is 4.16. The van der Waals surface area contributed by atoms with Crippen LogP contribution >= 0.6 is 0 Å². The van der Waals surface area contributed by atoms with E-state index in [4.69, 9.17) is 4.74 Å². The fourth-order valence-electron chi connectivity index (χ4n) is 1.71. The van der Waals surface area contributed by atoms with Gasteiger partial charge in [-0.15, -0.1) is 0 Å². The van der Waals surface area contributed by atoms with Crippen LogP contribution in [0.3, 0.4) is 0 Å². The quantitative estimate of drug-likeness (QED) is 0.873. The molecule has 6 heteroatoms. The maximum atomic E-state index is 12.4. The molecule has 0 aliphatic rings. The Bertz CT molecular complexity index is 634. The van der Waals surface area contributed by atoms with Crippen molar-refractivity contribution in [3.05, 3.63) is 59.2 Å². The van der Waals surface area contributed by atoms with E-state index in [1.807, 2.05) is 0 Å². The summed E-state index contributed by atoms with van der Waals surface area (Å²) in [7, 11) is 0. The molecule has 0 saturated carbocycles. The van der Waals surface area contributed by atoms with Crippen LogP contribution in [0.2, 0.25) is 0 Å². The molecule has 0 aromatic heterocycles. The summed E-state index contributed by atoms with van der Waals surface area (Å²) in [5.74, 6) is 0.182. The highest BCUT2D eigenvalue weighted by Crippen LogP contribution is 2.29. The zero-order chi connectivity index (χ0) is 15.5. The highest BCUT2D eigenvalue weighted by molar-refractivity contribution is 5.80. The summed E-state index contributed by atoms with van der Waals surface area (Å²) in [5.41, 5.74) is -0.0284. The fourth-order valence-corrected chi connectivity index (χ4v) is 1.71. The standard InChI is InChI=1S/C15H11F3O3/c16-15(17,18)12-3-1-10(2-4-12)9-21-14-6-5-13(20)7-11(14)8-19/h1-8,20H,9H2. The van der Waals surface area contributed by atoms with Gasteiger partial charge in [0.15, 0.2) is 6.29 Å². The summed E-state index contributed by atoms with van der Waals surface area (Å²) in [6, 6.07) is 8.58. The number of halogens is 3. The van der Waals surface area contributed by atoms with Crippen molar-refractivity contribution in [2.24, 2.45) is 0 Å². The van der Waals surface area contributed by atoms with Gasteiger partial charge in [0.05, 0.1) is 11.1 Å². The van der Waals surface area contributed by atoms with Gasteiger partial charge in [-0.1, -0.05) is 12.1 Å². The minimum Gasteiger partial charge on any atom is -0.508 e. The van der Waals surface area contributed by atoms with E-state index in [1.165, 1.54) is 30.3 Å². The van der Waals surface area contributed by atoms with Gasteiger partial charge in [-0.25, -0.2) is 0 Å². The van der Waals surface area contributed by atoms with Gasteiger partial charge in [-0.2, -0.15) is 13.2 Å². The summed E-state index contributed by atoms with van der Waals surface area (Å²) >= 11 is 0. The van der Waals surface area contributed by atoms with Crippen molar-refractivity contribution >= 4 is 6.29 Å². The van der Waals surface area contributed by atoms with Crippen LogP contribution in [0.15, 0.2) is 42.5 Å². The summed E-state index contributed by atoms with van der Waals surface area (Å²) in [4.78, 5) is 10.8. The van der Waals surface area contributed by atoms with Crippen LogP contribution in [0, 0.1) is 0 Å². The first kappa shape index (κ1) is 14.9. The number of alkyl halides is 3. The summed E-state index contributed by atoms with van der Waals surface area (Å²) in [6.07, 6.45) is -3.84. The van der Waals surface area contributed by atoms with Crippen molar-refractivity contribution < 1.29 is 27.8 Å². The molecule has 0 aliphatic carbocycles. The van der Waals surface area contributed by atoms with E-state index in [1.54, 1.807) is 0 Å².